The van der Waals surface area contributed by atoms with Crippen LogP contribution in [-0.4, -0.2) is 29.3 Å². The standard InChI is InChI=1S/C16H19BrN2O4/c1-5-22-14(20)12-10-7-6-9(17)8-11(10)18-13(12)19-15(21)23-16(2,3)4/h6-8,18H,5H2,1-4H3,(H,19,21). The van der Waals surface area contributed by atoms with Gasteiger partial charge in [-0.15, -0.1) is 0 Å². The van der Waals surface area contributed by atoms with Crippen molar-refractivity contribution in [3.8, 4) is 0 Å². The Morgan fingerprint density at radius 3 is 2.61 bits per heavy atom. The highest BCUT2D eigenvalue weighted by Gasteiger charge is 2.23. The van der Waals surface area contributed by atoms with Crippen molar-refractivity contribution in [3.63, 3.8) is 0 Å². The summed E-state index contributed by atoms with van der Waals surface area (Å²) >= 11 is 3.38. The van der Waals surface area contributed by atoms with E-state index in [4.69, 9.17) is 9.47 Å². The van der Waals surface area contributed by atoms with E-state index in [1.165, 1.54) is 0 Å². The van der Waals surface area contributed by atoms with Crippen molar-refractivity contribution in [2.24, 2.45) is 0 Å². The average Bonchev–Trinajstić information content (AvgIpc) is 2.73. The number of amides is 1. The van der Waals surface area contributed by atoms with Gasteiger partial charge in [0.05, 0.1) is 6.61 Å². The van der Waals surface area contributed by atoms with Crippen molar-refractivity contribution in [2.45, 2.75) is 33.3 Å². The molecule has 0 saturated heterocycles. The minimum absolute atomic E-state index is 0.244. The van der Waals surface area contributed by atoms with Gasteiger partial charge < -0.3 is 14.5 Å². The van der Waals surface area contributed by atoms with Crippen LogP contribution >= 0.6 is 15.9 Å². The lowest BCUT2D eigenvalue weighted by atomic mass is 10.1. The summed E-state index contributed by atoms with van der Waals surface area (Å²) in [6, 6.07) is 5.41. The fourth-order valence-electron chi connectivity index (χ4n) is 2.08. The maximum atomic E-state index is 12.2. The normalized spacial score (nSPS) is 11.3. The first kappa shape index (κ1) is 17.3. The summed E-state index contributed by atoms with van der Waals surface area (Å²) in [5.74, 6) is -0.252. The van der Waals surface area contributed by atoms with Crippen molar-refractivity contribution < 1.29 is 19.1 Å². The van der Waals surface area contributed by atoms with Gasteiger partial charge >= 0.3 is 12.1 Å². The summed E-state index contributed by atoms with van der Waals surface area (Å²) < 4.78 is 11.2. The average molecular weight is 383 g/mol. The highest BCUT2D eigenvalue weighted by atomic mass is 79.9. The van der Waals surface area contributed by atoms with E-state index in [-0.39, 0.29) is 18.0 Å². The number of esters is 1. The van der Waals surface area contributed by atoms with Crippen LogP contribution in [0.1, 0.15) is 38.1 Å². The Labute approximate surface area is 142 Å². The molecular weight excluding hydrogens is 364 g/mol. The third-order valence-electron chi connectivity index (χ3n) is 2.87. The van der Waals surface area contributed by atoms with Gasteiger partial charge in [-0.2, -0.15) is 0 Å². The molecule has 0 spiro atoms. The van der Waals surface area contributed by atoms with Gasteiger partial charge in [-0.05, 0) is 39.8 Å². The molecule has 0 bridgehead atoms. The van der Waals surface area contributed by atoms with Crippen LogP contribution in [0, 0.1) is 0 Å². The number of nitrogens with one attached hydrogen (secondary N) is 2. The van der Waals surface area contributed by atoms with Crippen LogP contribution in [0.5, 0.6) is 0 Å². The quantitative estimate of drug-likeness (QED) is 0.768. The Kier molecular flexibility index (Phi) is 4.99. The van der Waals surface area contributed by atoms with Crippen LogP contribution in [0.2, 0.25) is 0 Å². The van der Waals surface area contributed by atoms with Crippen molar-refractivity contribution in [1.82, 2.24) is 4.98 Å². The minimum Gasteiger partial charge on any atom is -0.462 e. The highest BCUT2D eigenvalue weighted by molar-refractivity contribution is 9.10. The molecule has 0 aliphatic heterocycles. The molecule has 7 heteroatoms. The summed E-state index contributed by atoms with van der Waals surface area (Å²) in [4.78, 5) is 27.3. The molecule has 1 aromatic heterocycles. The van der Waals surface area contributed by atoms with Gasteiger partial charge in [-0.1, -0.05) is 22.0 Å². The second-order valence-corrected chi connectivity index (χ2v) is 6.83. The van der Waals surface area contributed by atoms with Crippen molar-refractivity contribution in [2.75, 3.05) is 11.9 Å². The number of benzene rings is 1. The number of ether oxygens (including phenoxy) is 2. The number of halogens is 1. The predicted molar refractivity (Wildman–Crippen MR) is 91.8 cm³/mol. The first-order valence-corrected chi connectivity index (χ1v) is 7.99. The zero-order valence-corrected chi connectivity index (χ0v) is 15.0. The fraction of sp³-hybridized carbons (Fsp3) is 0.375. The maximum absolute atomic E-state index is 12.2. The molecule has 23 heavy (non-hydrogen) atoms. The zero-order valence-electron chi connectivity index (χ0n) is 13.5. The van der Waals surface area contributed by atoms with Crippen molar-refractivity contribution >= 4 is 44.7 Å². The topological polar surface area (TPSA) is 80.4 Å². The Morgan fingerprint density at radius 1 is 1.30 bits per heavy atom. The number of anilines is 1. The number of H-pyrrole nitrogens is 1. The van der Waals surface area contributed by atoms with Crippen LogP contribution in [0.15, 0.2) is 22.7 Å². The van der Waals surface area contributed by atoms with Crippen LogP contribution in [-0.2, 0) is 9.47 Å². The summed E-state index contributed by atoms with van der Waals surface area (Å²) in [6.07, 6.45) is -0.645. The van der Waals surface area contributed by atoms with E-state index in [1.807, 2.05) is 12.1 Å². The molecule has 0 radical (unpaired) electrons. The van der Waals surface area contributed by atoms with Gasteiger partial charge in [-0.25, -0.2) is 9.59 Å². The number of carbonyl (C=O) groups is 2. The van der Waals surface area contributed by atoms with E-state index >= 15 is 0 Å². The number of fused-ring (bicyclic) bond motifs is 1. The molecule has 124 valence electrons. The lowest BCUT2D eigenvalue weighted by Crippen LogP contribution is -2.27. The van der Waals surface area contributed by atoms with Crippen LogP contribution < -0.4 is 5.32 Å². The van der Waals surface area contributed by atoms with Gasteiger partial charge in [0.25, 0.3) is 0 Å². The van der Waals surface area contributed by atoms with E-state index in [2.05, 4.69) is 26.2 Å². The predicted octanol–water partition coefficient (Wildman–Crippen LogP) is 4.45. The monoisotopic (exact) mass is 382 g/mol. The number of aromatic amines is 1. The fourth-order valence-corrected chi connectivity index (χ4v) is 2.45. The SMILES string of the molecule is CCOC(=O)c1c(NC(=O)OC(C)(C)C)[nH]c2cc(Br)ccc12. The number of hydrogen-bond donors (Lipinski definition) is 2. The molecule has 1 aromatic carbocycles. The molecule has 0 unspecified atom stereocenters. The number of rotatable bonds is 3. The van der Waals surface area contributed by atoms with Crippen LogP contribution in [0.25, 0.3) is 10.9 Å². The minimum atomic E-state index is -0.645. The third-order valence-corrected chi connectivity index (χ3v) is 3.36. The Balaban J connectivity index is 2.43. The number of hydrogen-bond acceptors (Lipinski definition) is 4. The summed E-state index contributed by atoms with van der Waals surface area (Å²) in [5.41, 5.74) is 0.345. The molecule has 2 N–H and O–H groups in total. The summed E-state index contributed by atoms with van der Waals surface area (Å²) in [5, 5.41) is 3.25. The second-order valence-electron chi connectivity index (χ2n) is 5.91. The Hall–Kier alpha value is -2.02. The molecule has 1 heterocycles. The third kappa shape index (κ3) is 4.25. The highest BCUT2D eigenvalue weighted by Crippen LogP contribution is 2.29. The van der Waals surface area contributed by atoms with E-state index in [9.17, 15) is 9.59 Å². The van der Waals surface area contributed by atoms with Crippen molar-refractivity contribution in [3.05, 3.63) is 28.2 Å². The Morgan fingerprint density at radius 2 is 2.00 bits per heavy atom. The molecule has 1 amide bonds. The lowest BCUT2D eigenvalue weighted by molar-refractivity contribution is 0.0530. The largest absolute Gasteiger partial charge is 0.462 e. The molecule has 0 aliphatic rings. The van der Waals surface area contributed by atoms with Gasteiger partial charge in [0.2, 0.25) is 0 Å². The first-order valence-electron chi connectivity index (χ1n) is 7.19. The zero-order chi connectivity index (χ0) is 17.2. The molecule has 0 fully saturated rings. The van der Waals surface area contributed by atoms with Crippen LogP contribution in [0.3, 0.4) is 0 Å². The van der Waals surface area contributed by atoms with E-state index < -0.39 is 17.7 Å². The van der Waals surface area contributed by atoms with E-state index in [0.717, 1.165) is 4.47 Å². The Bertz CT molecular complexity index is 746. The van der Waals surface area contributed by atoms with E-state index in [0.29, 0.717) is 10.9 Å². The number of carbonyl (C=O) groups excluding carboxylic acids is 2. The molecule has 2 rings (SSSR count). The first-order chi connectivity index (χ1) is 10.7. The van der Waals surface area contributed by atoms with Crippen molar-refractivity contribution in [1.29, 1.82) is 0 Å². The van der Waals surface area contributed by atoms with Gasteiger partial charge in [0.1, 0.15) is 17.0 Å². The molecular formula is C16H19BrN2O4. The maximum Gasteiger partial charge on any atom is 0.413 e. The van der Waals surface area contributed by atoms with Gasteiger partial charge in [0, 0.05) is 15.4 Å². The smallest absolute Gasteiger partial charge is 0.413 e. The summed E-state index contributed by atoms with van der Waals surface area (Å²) in [7, 11) is 0. The molecule has 2 aromatic rings. The summed E-state index contributed by atoms with van der Waals surface area (Å²) in [6.45, 7) is 7.27. The second kappa shape index (κ2) is 6.62. The molecule has 0 aliphatic carbocycles. The molecule has 0 saturated carbocycles. The number of aromatic nitrogens is 1. The van der Waals surface area contributed by atoms with Crippen LogP contribution in [0.4, 0.5) is 10.6 Å². The lowest BCUT2D eigenvalue weighted by Gasteiger charge is -2.19. The van der Waals surface area contributed by atoms with E-state index in [1.54, 1.807) is 33.8 Å². The molecule has 0 atom stereocenters. The molecule has 6 nitrogen and oxygen atoms in total. The van der Waals surface area contributed by atoms with Gasteiger partial charge in [-0.3, -0.25) is 5.32 Å². The van der Waals surface area contributed by atoms with Gasteiger partial charge in [0.15, 0.2) is 0 Å².